The van der Waals surface area contributed by atoms with E-state index in [0.29, 0.717) is 5.56 Å². The lowest BCUT2D eigenvalue weighted by Gasteiger charge is -2.03. The van der Waals surface area contributed by atoms with E-state index in [2.05, 4.69) is 21.0 Å². The molecule has 0 radical (unpaired) electrons. The highest BCUT2D eigenvalue weighted by Crippen LogP contribution is 2.17. The van der Waals surface area contributed by atoms with Gasteiger partial charge in [0.05, 0.1) is 17.2 Å². The molecule has 0 aliphatic carbocycles. The number of aryl methyl sites for hydroxylation is 1. The van der Waals surface area contributed by atoms with Crippen LogP contribution < -0.4 is 5.76 Å². The van der Waals surface area contributed by atoms with Crippen molar-refractivity contribution in [3.63, 3.8) is 0 Å². The van der Waals surface area contributed by atoms with Crippen LogP contribution in [0, 0.1) is 5.82 Å². The molecule has 3 aromatic rings. The van der Waals surface area contributed by atoms with E-state index in [0.717, 1.165) is 9.15 Å². The van der Waals surface area contributed by atoms with Gasteiger partial charge in [-0.1, -0.05) is 15.9 Å². The quantitative estimate of drug-likeness (QED) is 0.626. The second kappa shape index (κ2) is 6.93. The van der Waals surface area contributed by atoms with Gasteiger partial charge in [0.25, 0.3) is 0 Å². The zero-order chi connectivity index (χ0) is 18.0. The molecule has 0 aliphatic heterocycles. The number of benzene rings is 2. The predicted octanol–water partition coefficient (Wildman–Crippen LogP) is 2.88. The third kappa shape index (κ3) is 4.05. The third-order valence-corrected chi connectivity index (χ3v) is 5.68. The van der Waals surface area contributed by atoms with Crippen molar-refractivity contribution in [2.75, 3.05) is 5.75 Å². The lowest BCUT2D eigenvalue weighted by Crippen LogP contribution is -2.21. The van der Waals surface area contributed by atoms with Crippen LogP contribution in [0.15, 0.2) is 67.1 Å². The van der Waals surface area contributed by atoms with E-state index in [-0.39, 0.29) is 23.1 Å². The van der Waals surface area contributed by atoms with Gasteiger partial charge in [-0.15, -0.1) is 5.10 Å². The molecule has 0 saturated heterocycles. The van der Waals surface area contributed by atoms with Crippen molar-refractivity contribution in [2.45, 2.75) is 11.4 Å². The molecule has 0 spiro atoms. The van der Waals surface area contributed by atoms with Gasteiger partial charge in [-0.25, -0.2) is 17.6 Å². The number of hydrogen-bond donors (Lipinski definition) is 0. The van der Waals surface area contributed by atoms with Crippen LogP contribution in [0.3, 0.4) is 0 Å². The summed E-state index contributed by atoms with van der Waals surface area (Å²) < 4.78 is 44.3. The highest BCUT2D eigenvalue weighted by atomic mass is 79.9. The number of rotatable bonds is 5. The topological polar surface area (TPSA) is 82.2 Å². The molecule has 0 amide bonds. The molecule has 1 heterocycles. The Bertz CT molecular complexity index is 1040. The smallest absolute Gasteiger partial charge is 0.388 e. The predicted molar refractivity (Wildman–Crippen MR) is 92.4 cm³/mol. The summed E-state index contributed by atoms with van der Waals surface area (Å²) in [6.45, 7) is -0.151. The Morgan fingerprint density at radius 3 is 2.36 bits per heavy atom. The number of hydrogen-bond acceptors (Lipinski definition) is 5. The number of sulfone groups is 1. The summed E-state index contributed by atoms with van der Waals surface area (Å²) in [6.07, 6.45) is 0. The Labute approximate surface area is 151 Å². The lowest BCUT2D eigenvalue weighted by molar-refractivity contribution is 0.489. The van der Waals surface area contributed by atoms with Gasteiger partial charge < -0.3 is 4.42 Å². The molecule has 25 heavy (non-hydrogen) atoms. The standard InChI is InChI=1S/C16H12BrFN2O4S/c17-12-3-7-14(8-4-12)25(22,23)10-9-20-16(21)24-15(19-20)11-1-5-13(18)6-2-11/h1-8H,9-10H2. The van der Waals surface area contributed by atoms with Crippen LogP contribution in [0.1, 0.15) is 0 Å². The van der Waals surface area contributed by atoms with Crippen LogP contribution in [0.25, 0.3) is 11.5 Å². The maximum Gasteiger partial charge on any atom is 0.437 e. The van der Waals surface area contributed by atoms with Crippen LogP contribution in [0.5, 0.6) is 0 Å². The molecule has 0 N–H and O–H groups in total. The van der Waals surface area contributed by atoms with Crippen molar-refractivity contribution < 1.29 is 17.2 Å². The molecule has 0 bridgehead atoms. The summed E-state index contributed by atoms with van der Waals surface area (Å²) >= 11 is 3.24. The maximum atomic E-state index is 12.9. The van der Waals surface area contributed by atoms with Crippen molar-refractivity contribution in [3.8, 4) is 11.5 Å². The van der Waals surface area contributed by atoms with Crippen molar-refractivity contribution >= 4 is 25.8 Å². The molecular formula is C16H12BrFN2O4S. The molecule has 2 aromatic carbocycles. The molecule has 0 fully saturated rings. The van der Waals surface area contributed by atoms with E-state index >= 15 is 0 Å². The average molecular weight is 427 g/mol. The molecule has 0 saturated carbocycles. The molecule has 3 rings (SSSR count). The van der Waals surface area contributed by atoms with Crippen molar-refractivity contribution in [3.05, 3.63) is 69.4 Å². The summed E-state index contributed by atoms with van der Waals surface area (Å²) in [4.78, 5) is 12.0. The van der Waals surface area contributed by atoms with Crippen LogP contribution in [0.4, 0.5) is 4.39 Å². The Morgan fingerprint density at radius 2 is 1.72 bits per heavy atom. The van der Waals surface area contributed by atoms with Crippen LogP contribution in [-0.2, 0) is 16.4 Å². The second-order valence-electron chi connectivity index (χ2n) is 5.18. The third-order valence-electron chi connectivity index (χ3n) is 3.44. The minimum Gasteiger partial charge on any atom is -0.388 e. The first-order chi connectivity index (χ1) is 11.8. The molecule has 130 valence electrons. The van der Waals surface area contributed by atoms with Gasteiger partial charge in [0.15, 0.2) is 9.84 Å². The Morgan fingerprint density at radius 1 is 1.08 bits per heavy atom. The summed E-state index contributed by atoms with van der Waals surface area (Å²) in [5.74, 6) is -1.49. The van der Waals surface area contributed by atoms with Crippen LogP contribution >= 0.6 is 15.9 Å². The molecule has 0 unspecified atom stereocenters. The van der Waals surface area contributed by atoms with Crippen molar-refractivity contribution in [2.24, 2.45) is 0 Å². The van der Waals surface area contributed by atoms with Crippen molar-refractivity contribution in [1.29, 1.82) is 0 Å². The summed E-state index contributed by atoms with van der Waals surface area (Å²) in [5, 5.41) is 3.96. The molecule has 9 heteroatoms. The fourth-order valence-corrected chi connectivity index (χ4v) is 3.59. The molecular weight excluding hydrogens is 415 g/mol. The number of nitrogens with zero attached hydrogens (tertiary/aromatic N) is 2. The Hall–Kier alpha value is -2.26. The molecule has 0 aliphatic rings. The monoisotopic (exact) mass is 426 g/mol. The summed E-state index contributed by atoms with van der Waals surface area (Å²) in [7, 11) is -3.56. The second-order valence-corrected chi connectivity index (χ2v) is 8.20. The van der Waals surface area contributed by atoms with Gasteiger partial charge >= 0.3 is 5.76 Å². The fraction of sp³-hybridized carbons (Fsp3) is 0.125. The minimum absolute atomic E-state index is 0.00559. The van der Waals surface area contributed by atoms with Crippen molar-refractivity contribution in [1.82, 2.24) is 9.78 Å². The first-order valence-electron chi connectivity index (χ1n) is 7.17. The van der Waals surface area contributed by atoms with E-state index in [4.69, 9.17) is 4.42 Å². The zero-order valence-electron chi connectivity index (χ0n) is 12.7. The van der Waals surface area contributed by atoms with Crippen LogP contribution in [0.2, 0.25) is 0 Å². The number of halogens is 2. The zero-order valence-corrected chi connectivity index (χ0v) is 15.1. The van der Waals surface area contributed by atoms with Gasteiger partial charge in [-0.2, -0.15) is 4.68 Å². The largest absolute Gasteiger partial charge is 0.437 e. The molecule has 0 atom stereocenters. The highest BCUT2D eigenvalue weighted by molar-refractivity contribution is 9.10. The van der Waals surface area contributed by atoms with Crippen LogP contribution in [-0.4, -0.2) is 24.0 Å². The first-order valence-corrected chi connectivity index (χ1v) is 9.62. The minimum atomic E-state index is -3.56. The van der Waals surface area contributed by atoms with Gasteiger partial charge in [0, 0.05) is 10.0 Å². The maximum absolute atomic E-state index is 12.9. The summed E-state index contributed by atoms with van der Waals surface area (Å²) in [6, 6.07) is 11.5. The average Bonchev–Trinajstić information content (AvgIpc) is 2.95. The molecule has 1 aromatic heterocycles. The van der Waals surface area contributed by atoms with E-state index < -0.39 is 21.4 Å². The normalized spacial score (nSPS) is 11.6. The lowest BCUT2D eigenvalue weighted by atomic mass is 10.2. The van der Waals surface area contributed by atoms with Gasteiger partial charge in [0.1, 0.15) is 5.82 Å². The fourth-order valence-electron chi connectivity index (χ4n) is 2.12. The SMILES string of the molecule is O=c1oc(-c2ccc(F)cc2)nn1CCS(=O)(=O)c1ccc(Br)cc1. The Kier molecular flexibility index (Phi) is 4.87. The van der Waals surface area contributed by atoms with Gasteiger partial charge in [-0.3, -0.25) is 0 Å². The van der Waals surface area contributed by atoms with Gasteiger partial charge in [-0.05, 0) is 48.5 Å². The van der Waals surface area contributed by atoms with E-state index in [1.807, 2.05) is 0 Å². The van der Waals surface area contributed by atoms with Gasteiger partial charge in [0.2, 0.25) is 5.89 Å². The number of aromatic nitrogens is 2. The molecule has 6 nitrogen and oxygen atoms in total. The van der Waals surface area contributed by atoms with E-state index in [1.165, 1.54) is 36.4 Å². The Balaban J connectivity index is 1.78. The van der Waals surface area contributed by atoms with E-state index in [1.54, 1.807) is 12.1 Å². The highest BCUT2D eigenvalue weighted by Gasteiger charge is 2.17. The summed E-state index contributed by atoms with van der Waals surface area (Å²) in [5.41, 5.74) is 0.424. The van der Waals surface area contributed by atoms with E-state index in [9.17, 15) is 17.6 Å². The first kappa shape index (κ1) is 17.6.